The number of hydrogen-bond acceptors (Lipinski definition) is 11. The summed E-state index contributed by atoms with van der Waals surface area (Å²) in [7, 11) is 0. The predicted octanol–water partition coefficient (Wildman–Crippen LogP) is 4.68. The Bertz CT molecular complexity index is 1560. The van der Waals surface area contributed by atoms with Crippen LogP contribution >= 0.6 is 11.3 Å². The Kier molecular flexibility index (Phi) is 7.72. The summed E-state index contributed by atoms with van der Waals surface area (Å²) in [4.78, 5) is 24.7. The quantitative estimate of drug-likeness (QED) is 0.207. The van der Waals surface area contributed by atoms with E-state index in [0.717, 1.165) is 35.4 Å². The molecule has 2 aliphatic rings. The maximum atomic E-state index is 12.8. The largest absolute Gasteiger partial charge is 0.444 e. The minimum absolute atomic E-state index is 0.0635. The standard InChI is InChI=1S/C28H30N10O2S/c1-28(2,3)40-27(39)38-19-5-6-20(38)16-37(15-19)26-36-35-25(41-26)21-14-33-24(11-23(21)32-9-8-29)22-7-4-18(34-22)10-17(12-30)13-31/h4,7,10-12,14,19-20,30,34H,5-6,9,15-16H2,1-3H3,(H,32,33)/b17-10+,30-12?. The summed E-state index contributed by atoms with van der Waals surface area (Å²) in [5.41, 5.74) is 3.15. The summed E-state index contributed by atoms with van der Waals surface area (Å²) in [6, 6.07) is 9.69. The number of rotatable bonds is 7. The number of H-pyrrole nitrogens is 1. The van der Waals surface area contributed by atoms with Gasteiger partial charge in [0.05, 0.1) is 40.7 Å². The molecule has 2 atom stereocenters. The third kappa shape index (κ3) is 6.05. The van der Waals surface area contributed by atoms with E-state index >= 15 is 0 Å². The molecule has 1 amide bonds. The fourth-order valence-corrected chi connectivity index (χ4v) is 5.98. The number of allylic oxidation sites excluding steroid dienone is 1. The van der Waals surface area contributed by atoms with Crippen LogP contribution in [0.15, 0.2) is 30.0 Å². The van der Waals surface area contributed by atoms with E-state index in [4.69, 9.17) is 15.4 Å². The molecule has 3 aromatic heterocycles. The highest BCUT2D eigenvalue weighted by molar-refractivity contribution is 7.18. The highest BCUT2D eigenvalue weighted by atomic mass is 32.1. The molecule has 2 fully saturated rings. The molecule has 5 heterocycles. The zero-order valence-corrected chi connectivity index (χ0v) is 23.8. The Morgan fingerprint density at radius 2 is 2.02 bits per heavy atom. The zero-order chi connectivity index (χ0) is 29.1. The number of ether oxygens (including phenoxy) is 1. The van der Waals surface area contributed by atoms with E-state index in [1.165, 1.54) is 11.3 Å². The number of carbonyl (C=O) groups excluding carboxylic acids is 1. The summed E-state index contributed by atoms with van der Waals surface area (Å²) >= 11 is 1.45. The second kappa shape index (κ2) is 11.4. The van der Waals surface area contributed by atoms with Crippen molar-refractivity contribution in [2.45, 2.75) is 51.3 Å². The molecule has 12 nitrogen and oxygen atoms in total. The number of nitrogens with one attached hydrogen (secondary N) is 3. The van der Waals surface area contributed by atoms with Gasteiger partial charge in [0, 0.05) is 36.9 Å². The molecule has 0 saturated carbocycles. The lowest BCUT2D eigenvalue weighted by Crippen LogP contribution is -2.56. The Balaban J connectivity index is 1.36. The highest BCUT2D eigenvalue weighted by Crippen LogP contribution is 2.38. The van der Waals surface area contributed by atoms with Gasteiger partial charge in [-0.3, -0.25) is 9.88 Å². The van der Waals surface area contributed by atoms with Crippen LogP contribution in [0.3, 0.4) is 0 Å². The summed E-state index contributed by atoms with van der Waals surface area (Å²) in [6.45, 7) is 7.07. The van der Waals surface area contributed by atoms with E-state index < -0.39 is 5.60 Å². The van der Waals surface area contributed by atoms with Crippen LogP contribution in [-0.4, -0.2) is 74.7 Å². The molecule has 13 heteroatoms. The molecule has 5 rings (SSSR count). The van der Waals surface area contributed by atoms with Crippen LogP contribution in [-0.2, 0) is 4.74 Å². The molecule has 2 aliphatic heterocycles. The smallest absolute Gasteiger partial charge is 0.410 e. The average molecular weight is 571 g/mol. The first-order valence-corrected chi connectivity index (χ1v) is 14.0. The molecule has 210 valence electrons. The first kappa shape index (κ1) is 27.8. The van der Waals surface area contributed by atoms with Crippen LogP contribution in [0.1, 0.15) is 39.3 Å². The van der Waals surface area contributed by atoms with Crippen LogP contribution in [0.5, 0.6) is 0 Å². The van der Waals surface area contributed by atoms with E-state index in [1.807, 2.05) is 43.9 Å². The highest BCUT2D eigenvalue weighted by Gasteiger charge is 2.45. The lowest BCUT2D eigenvalue weighted by atomic mass is 10.2. The van der Waals surface area contributed by atoms with Crippen molar-refractivity contribution in [3.05, 3.63) is 35.7 Å². The van der Waals surface area contributed by atoms with Crippen molar-refractivity contribution in [1.29, 1.82) is 15.9 Å². The van der Waals surface area contributed by atoms with Crippen LogP contribution in [0.4, 0.5) is 15.6 Å². The van der Waals surface area contributed by atoms with Crippen molar-refractivity contribution in [2.75, 3.05) is 29.9 Å². The Morgan fingerprint density at radius 1 is 1.27 bits per heavy atom. The van der Waals surface area contributed by atoms with E-state index in [1.54, 1.807) is 18.3 Å². The number of nitrogens with zero attached hydrogens (tertiary/aromatic N) is 7. The molecule has 0 aliphatic carbocycles. The third-order valence-electron chi connectivity index (χ3n) is 6.84. The number of pyridine rings is 1. The zero-order valence-electron chi connectivity index (χ0n) is 23.0. The van der Waals surface area contributed by atoms with Crippen LogP contribution in [0, 0.1) is 28.1 Å². The molecule has 2 saturated heterocycles. The van der Waals surface area contributed by atoms with Gasteiger partial charge >= 0.3 is 6.09 Å². The Hall–Kier alpha value is -4.75. The molecule has 0 radical (unpaired) electrons. The fraction of sp³-hybridized carbons (Fsp3) is 0.393. The van der Waals surface area contributed by atoms with Gasteiger partial charge in [0.15, 0.2) is 5.01 Å². The van der Waals surface area contributed by atoms with Gasteiger partial charge in [-0.25, -0.2) is 4.79 Å². The molecule has 0 spiro atoms. The second-order valence-corrected chi connectivity index (χ2v) is 11.8. The topological polar surface area (TPSA) is 171 Å². The summed E-state index contributed by atoms with van der Waals surface area (Å²) < 4.78 is 5.66. The summed E-state index contributed by atoms with van der Waals surface area (Å²) in [5, 5.41) is 39.1. The van der Waals surface area contributed by atoms with Gasteiger partial charge in [-0.2, -0.15) is 10.5 Å². The van der Waals surface area contributed by atoms with Crippen molar-refractivity contribution in [3.8, 4) is 34.1 Å². The molecule has 41 heavy (non-hydrogen) atoms. The number of nitriles is 2. The van der Waals surface area contributed by atoms with Gasteiger partial charge in [0.2, 0.25) is 5.13 Å². The Labute approximate surface area is 241 Å². The number of piperazine rings is 1. The van der Waals surface area contributed by atoms with Gasteiger partial charge in [-0.15, -0.1) is 10.2 Å². The van der Waals surface area contributed by atoms with Gasteiger partial charge in [-0.05, 0) is 57.9 Å². The number of anilines is 2. The molecule has 3 N–H and O–H groups in total. The van der Waals surface area contributed by atoms with E-state index in [0.29, 0.717) is 35.2 Å². The van der Waals surface area contributed by atoms with Crippen molar-refractivity contribution in [3.63, 3.8) is 0 Å². The van der Waals surface area contributed by atoms with Crippen LogP contribution in [0.25, 0.3) is 28.0 Å². The lowest BCUT2D eigenvalue weighted by molar-refractivity contribution is 0.0123. The number of hydrogen-bond donors (Lipinski definition) is 3. The van der Waals surface area contributed by atoms with Crippen molar-refractivity contribution >= 4 is 40.5 Å². The normalized spacial score (nSPS) is 18.5. The van der Waals surface area contributed by atoms with E-state index in [-0.39, 0.29) is 30.3 Å². The monoisotopic (exact) mass is 570 g/mol. The van der Waals surface area contributed by atoms with E-state index in [9.17, 15) is 10.1 Å². The predicted molar refractivity (Wildman–Crippen MR) is 156 cm³/mol. The van der Waals surface area contributed by atoms with Gasteiger partial charge < -0.3 is 25.3 Å². The number of carbonyl (C=O) groups is 1. The first-order valence-electron chi connectivity index (χ1n) is 13.2. The SMILES string of the molecule is CC(C)(C)OC(=O)N1C2CCC1CN(c1nnc(-c3cnc(-c4ccc(/C=C(/C#N)C=N)[nH]4)cc3NCC#N)s1)C2. The summed E-state index contributed by atoms with van der Waals surface area (Å²) in [6.07, 6.45) is 5.89. The van der Waals surface area contributed by atoms with Gasteiger partial charge in [0.25, 0.3) is 0 Å². The second-order valence-electron chi connectivity index (χ2n) is 10.9. The third-order valence-corrected chi connectivity index (χ3v) is 7.86. The van der Waals surface area contributed by atoms with E-state index in [2.05, 4.69) is 36.5 Å². The fourth-order valence-electron chi connectivity index (χ4n) is 5.10. The lowest BCUT2D eigenvalue weighted by Gasteiger charge is -2.41. The number of fused-ring (bicyclic) bond motifs is 2. The molecule has 3 aromatic rings. The molecule has 0 aromatic carbocycles. The number of aromatic amines is 1. The van der Waals surface area contributed by atoms with Crippen molar-refractivity contribution in [1.82, 2.24) is 25.1 Å². The van der Waals surface area contributed by atoms with Gasteiger partial charge in [0.1, 0.15) is 18.2 Å². The maximum absolute atomic E-state index is 12.8. The molecular weight excluding hydrogens is 540 g/mol. The van der Waals surface area contributed by atoms with Crippen molar-refractivity contribution < 1.29 is 9.53 Å². The van der Waals surface area contributed by atoms with Crippen molar-refractivity contribution in [2.24, 2.45) is 0 Å². The molecular formula is C28H30N10O2S. The molecule has 2 unspecified atom stereocenters. The maximum Gasteiger partial charge on any atom is 0.410 e. The number of amides is 1. The minimum atomic E-state index is -0.537. The first-order chi connectivity index (χ1) is 19.7. The molecule has 2 bridgehead atoms. The Morgan fingerprint density at radius 3 is 2.68 bits per heavy atom. The minimum Gasteiger partial charge on any atom is -0.444 e. The van der Waals surface area contributed by atoms with Crippen LogP contribution in [0.2, 0.25) is 0 Å². The summed E-state index contributed by atoms with van der Waals surface area (Å²) in [5.74, 6) is 0. The average Bonchev–Trinajstić information content (AvgIpc) is 3.68. The van der Waals surface area contributed by atoms with Crippen LogP contribution < -0.4 is 10.2 Å². The number of aromatic nitrogens is 4. The van der Waals surface area contributed by atoms with Gasteiger partial charge in [-0.1, -0.05) is 11.3 Å².